The molecule has 0 radical (unpaired) electrons. The predicted molar refractivity (Wildman–Crippen MR) is 47.9 cm³/mol. The van der Waals surface area contributed by atoms with Crippen molar-refractivity contribution < 1.29 is 9.18 Å². The molecule has 1 N–H and O–H groups in total. The molecule has 3 heteroatoms. The van der Waals surface area contributed by atoms with E-state index in [2.05, 4.69) is 5.32 Å². The minimum atomic E-state index is -0.127. The smallest absolute Gasteiger partial charge is 0.175 e. The van der Waals surface area contributed by atoms with Gasteiger partial charge in [-0.15, -0.1) is 0 Å². The Morgan fingerprint density at radius 3 is 3.08 bits per heavy atom. The van der Waals surface area contributed by atoms with Crippen molar-refractivity contribution in [3.8, 4) is 0 Å². The number of hydrogen-bond acceptors (Lipinski definition) is 2. The molecule has 1 fully saturated rings. The first-order valence-corrected chi connectivity index (χ1v) is 4.52. The van der Waals surface area contributed by atoms with Crippen LogP contribution in [0, 0.1) is 5.92 Å². The molecule has 1 heterocycles. The van der Waals surface area contributed by atoms with Gasteiger partial charge in [0.2, 0.25) is 0 Å². The second-order valence-electron chi connectivity index (χ2n) is 3.63. The predicted octanol–water partition coefficient (Wildman–Crippen LogP) is 1.35. The van der Waals surface area contributed by atoms with Crippen molar-refractivity contribution in [2.24, 2.45) is 5.92 Å². The Morgan fingerprint density at radius 2 is 2.31 bits per heavy atom. The zero-order valence-corrected chi connectivity index (χ0v) is 7.51. The van der Waals surface area contributed by atoms with Crippen LogP contribution < -0.4 is 5.32 Å². The van der Waals surface area contributed by atoms with E-state index in [0.29, 0.717) is 13.0 Å². The molecule has 0 spiro atoms. The van der Waals surface area contributed by atoms with E-state index in [1.807, 2.05) is 6.92 Å². The van der Waals surface area contributed by atoms with Crippen LogP contribution in [-0.2, 0) is 4.79 Å². The van der Waals surface area contributed by atoms with Gasteiger partial charge in [0, 0.05) is 24.5 Å². The Balaban J connectivity index is 2.29. The van der Waals surface area contributed by atoms with Crippen molar-refractivity contribution in [3.05, 3.63) is 23.6 Å². The number of allylic oxidation sites excluding steroid dienone is 3. The quantitative estimate of drug-likeness (QED) is 0.611. The molecule has 0 aromatic rings. The van der Waals surface area contributed by atoms with Gasteiger partial charge in [-0.1, -0.05) is 6.08 Å². The summed E-state index contributed by atoms with van der Waals surface area (Å²) in [6.45, 7) is 2.55. The second kappa shape index (κ2) is 3.07. The van der Waals surface area contributed by atoms with Crippen LogP contribution in [0.1, 0.15) is 13.3 Å². The number of hydrogen-bond donors (Lipinski definition) is 1. The molecule has 0 aromatic heterocycles. The molecule has 1 aliphatic carbocycles. The molecule has 2 rings (SSSR count). The maximum Gasteiger partial charge on any atom is 0.175 e. The van der Waals surface area contributed by atoms with Gasteiger partial charge >= 0.3 is 0 Å². The van der Waals surface area contributed by atoms with Crippen LogP contribution in [0.15, 0.2) is 23.6 Å². The first-order chi connectivity index (χ1) is 6.18. The summed E-state index contributed by atoms with van der Waals surface area (Å²) in [7, 11) is 0. The van der Waals surface area contributed by atoms with Gasteiger partial charge in [-0.05, 0) is 13.0 Å². The highest BCUT2D eigenvalue weighted by Crippen LogP contribution is 2.29. The average Bonchev–Trinajstić information content (AvgIpc) is 2.12. The van der Waals surface area contributed by atoms with Gasteiger partial charge in [0.1, 0.15) is 5.83 Å². The van der Waals surface area contributed by atoms with Crippen LogP contribution in [0.5, 0.6) is 0 Å². The molecule has 70 valence electrons. The van der Waals surface area contributed by atoms with E-state index >= 15 is 0 Å². The first kappa shape index (κ1) is 8.63. The molecule has 1 aliphatic heterocycles. The van der Waals surface area contributed by atoms with Crippen LogP contribution >= 0.6 is 0 Å². The van der Waals surface area contributed by atoms with Crippen molar-refractivity contribution in [3.63, 3.8) is 0 Å². The van der Waals surface area contributed by atoms with E-state index < -0.39 is 0 Å². The summed E-state index contributed by atoms with van der Waals surface area (Å²) in [6.07, 6.45) is 3.40. The molecule has 2 nitrogen and oxygen atoms in total. The second-order valence-corrected chi connectivity index (χ2v) is 3.63. The molecule has 0 bridgehead atoms. The lowest BCUT2D eigenvalue weighted by molar-refractivity contribution is -0.118. The molecule has 2 aliphatic rings. The van der Waals surface area contributed by atoms with E-state index in [1.54, 1.807) is 6.08 Å². The number of carbonyl (C=O) groups excluding carboxylic acids is 1. The Morgan fingerprint density at radius 1 is 1.54 bits per heavy atom. The zero-order valence-electron chi connectivity index (χ0n) is 7.51. The maximum absolute atomic E-state index is 12.9. The largest absolute Gasteiger partial charge is 0.307 e. The van der Waals surface area contributed by atoms with E-state index in [4.69, 9.17) is 0 Å². The number of halogens is 1. The lowest BCUT2D eigenvalue weighted by atomic mass is 9.83. The topological polar surface area (TPSA) is 29.1 Å². The Hall–Kier alpha value is -0.960. The maximum atomic E-state index is 12.9. The van der Waals surface area contributed by atoms with Gasteiger partial charge in [0.25, 0.3) is 0 Å². The zero-order chi connectivity index (χ0) is 9.42. The standard InChI is InChI=1S/C10H12FNO/c1-6-10(13)9-3-2-8(11)4-7(9)5-12-6/h2-3,6-7,12H,4-5H2,1H3. The molecule has 2 unspecified atom stereocenters. The van der Waals surface area contributed by atoms with E-state index in [9.17, 15) is 9.18 Å². The SMILES string of the molecule is CC1NCC2CC(F)=CC=C2C1=O. The minimum absolute atomic E-state index is 0.0497. The number of rotatable bonds is 0. The van der Waals surface area contributed by atoms with Crippen molar-refractivity contribution in [1.82, 2.24) is 5.32 Å². The van der Waals surface area contributed by atoms with Crippen molar-refractivity contribution in [1.29, 1.82) is 0 Å². The molecule has 0 saturated carbocycles. The Labute approximate surface area is 76.5 Å². The van der Waals surface area contributed by atoms with Crippen molar-refractivity contribution in [2.45, 2.75) is 19.4 Å². The molecule has 0 aromatic carbocycles. The summed E-state index contributed by atoms with van der Waals surface area (Å²) in [4.78, 5) is 11.6. The summed E-state index contributed by atoms with van der Waals surface area (Å²) < 4.78 is 12.9. The van der Waals surface area contributed by atoms with Crippen LogP contribution in [0.3, 0.4) is 0 Å². The fourth-order valence-corrected chi connectivity index (χ4v) is 1.86. The van der Waals surface area contributed by atoms with Crippen molar-refractivity contribution in [2.75, 3.05) is 6.54 Å². The highest BCUT2D eigenvalue weighted by Gasteiger charge is 2.31. The Bertz CT molecular complexity index is 306. The summed E-state index contributed by atoms with van der Waals surface area (Å²) in [6, 6.07) is -0.114. The van der Waals surface area contributed by atoms with Gasteiger partial charge in [0.05, 0.1) is 6.04 Å². The number of fused-ring (bicyclic) bond motifs is 1. The highest BCUT2D eigenvalue weighted by atomic mass is 19.1. The van der Waals surface area contributed by atoms with Crippen LogP contribution in [0.4, 0.5) is 4.39 Å². The van der Waals surface area contributed by atoms with E-state index in [0.717, 1.165) is 5.57 Å². The number of piperidine rings is 1. The van der Waals surface area contributed by atoms with Gasteiger partial charge in [-0.25, -0.2) is 4.39 Å². The van der Waals surface area contributed by atoms with Gasteiger partial charge < -0.3 is 5.32 Å². The average molecular weight is 181 g/mol. The molecular weight excluding hydrogens is 169 g/mol. The Kier molecular flexibility index (Phi) is 2.04. The molecule has 1 saturated heterocycles. The summed E-state index contributed by atoms with van der Waals surface area (Å²) in [5.41, 5.74) is 0.785. The number of ketones is 1. The number of Topliss-reactive ketones (excluding diaryl/α,β-unsaturated/α-hetero) is 1. The van der Waals surface area contributed by atoms with Crippen LogP contribution in [-0.4, -0.2) is 18.4 Å². The van der Waals surface area contributed by atoms with Gasteiger partial charge in [-0.2, -0.15) is 0 Å². The van der Waals surface area contributed by atoms with Gasteiger partial charge in [0.15, 0.2) is 5.78 Å². The third kappa shape index (κ3) is 1.44. The lowest BCUT2D eigenvalue weighted by Gasteiger charge is -2.30. The van der Waals surface area contributed by atoms with Crippen molar-refractivity contribution >= 4 is 5.78 Å². The van der Waals surface area contributed by atoms with Crippen LogP contribution in [0.2, 0.25) is 0 Å². The summed E-state index contributed by atoms with van der Waals surface area (Å²) in [5, 5.41) is 3.07. The summed E-state index contributed by atoms with van der Waals surface area (Å²) in [5.74, 6) is 0.0339. The van der Waals surface area contributed by atoms with E-state index in [-0.39, 0.29) is 23.6 Å². The fourth-order valence-electron chi connectivity index (χ4n) is 1.86. The normalized spacial score (nSPS) is 33.5. The highest BCUT2D eigenvalue weighted by molar-refractivity contribution is 6.01. The number of nitrogens with one attached hydrogen (secondary N) is 1. The fraction of sp³-hybridized carbons (Fsp3) is 0.500. The third-order valence-electron chi connectivity index (χ3n) is 2.67. The number of carbonyl (C=O) groups is 1. The van der Waals surface area contributed by atoms with E-state index in [1.165, 1.54) is 6.08 Å². The minimum Gasteiger partial charge on any atom is -0.307 e. The first-order valence-electron chi connectivity index (χ1n) is 4.52. The third-order valence-corrected chi connectivity index (χ3v) is 2.67. The van der Waals surface area contributed by atoms with Gasteiger partial charge in [-0.3, -0.25) is 4.79 Å². The lowest BCUT2D eigenvalue weighted by Crippen LogP contribution is -2.46. The molecular formula is C10H12FNO. The summed E-state index contributed by atoms with van der Waals surface area (Å²) >= 11 is 0. The molecule has 0 amide bonds. The molecule has 2 atom stereocenters. The van der Waals surface area contributed by atoms with Crippen LogP contribution in [0.25, 0.3) is 0 Å². The monoisotopic (exact) mass is 181 g/mol. The molecule has 13 heavy (non-hydrogen) atoms.